The molecule has 0 spiro atoms. The van der Waals surface area contributed by atoms with Gasteiger partial charge in [0.25, 0.3) is 0 Å². The second-order valence-electron chi connectivity index (χ2n) is 8.20. The van der Waals surface area contributed by atoms with Gasteiger partial charge in [0.15, 0.2) is 5.82 Å². The van der Waals surface area contributed by atoms with E-state index in [4.69, 9.17) is 4.52 Å². The van der Waals surface area contributed by atoms with Crippen molar-refractivity contribution in [1.82, 2.24) is 10.1 Å². The average Bonchev–Trinajstić information content (AvgIpc) is 3.03. The van der Waals surface area contributed by atoms with Crippen molar-refractivity contribution in [2.24, 2.45) is 0 Å². The Bertz CT molecular complexity index is 890. The van der Waals surface area contributed by atoms with Crippen LogP contribution in [-0.2, 0) is 22.8 Å². The molecule has 5 nitrogen and oxygen atoms in total. The maximum Gasteiger partial charge on any atom is 0.416 e. The maximum absolute atomic E-state index is 13.2. The van der Waals surface area contributed by atoms with Crippen molar-refractivity contribution in [3.63, 3.8) is 0 Å². The number of amides is 1. The number of carbonyl (C=O) groups excluding carboxylic acids is 1. The monoisotopic (exact) mass is 427 g/mol. The van der Waals surface area contributed by atoms with Gasteiger partial charge in [-0.3, -0.25) is 4.79 Å². The minimum Gasteiger partial charge on any atom is -0.339 e. The van der Waals surface area contributed by atoms with Gasteiger partial charge in [-0.1, -0.05) is 32.9 Å². The van der Waals surface area contributed by atoms with Gasteiger partial charge in [0.05, 0.1) is 11.3 Å². The number of aromatic nitrogens is 2. The number of carbonyl (C=O) groups is 1. The number of aryl methyl sites for hydroxylation is 1. The van der Waals surface area contributed by atoms with Gasteiger partial charge in [0.1, 0.15) is 0 Å². The number of hydrogen-bond acceptors (Lipinski definition) is 5. The molecule has 0 N–H and O–H groups in total. The summed E-state index contributed by atoms with van der Waals surface area (Å²) in [5.74, 6) is 0.654. The zero-order chi connectivity index (χ0) is 21.4. The molecule has 158 valence electrons. The molecule has 0 radical (unpaired) electrons. The second-order valence-corrected chi connectivity index (χ2v) is 9.68. The first kappa shape index (κ1) is 21.7. The highest BCUT2D eigenvalue weighted by Crippen LogP contribution is 2.41. The first-order chi connectivity index (χ1) is 13.4. The molecule has 0 saturated heterocycles. The zero-order valence-electron chi connectivity index (χ0n) is 16.8. The van der Waals surface area contributed by atoms with Crippen LogP contribution in [0.1, 0.15) is 57.8 Å². The topological polar surface area (TPSA) is 59.2 Å². The summed E-state index contributed by atoms with van der Waals surface area (Å²) in [4.78, 5) is 19.4. The molecule has 0 fully saturated rings. The van der Waals surface area contributed by atoms with Crippen molar-refractivity contribution in [2.75, 3.05) is 11.4 Å². The van der Waals surface area contributed by atoms with Gasteiger partial charge in [-0.15, -0.1) is 11.8 Å². The lowest BCUT2D eigenvalue weighted by Gasteiger charge is -2.23. The number of rotatable bonds is 3. The molecule has 1 atom stereocenters. The van der Waals surface area contributed by atoms with Crippen molar-refractivity contribution in [2.45, 2.75) is 68.7 Å². The summed E-state index contributed by atoms with van der Waals surface area (Å²) in [5.41, 5.74) is -0.701. The molecule has 0 saturated carbocycles. The molecule has 1 amide bonds. The van der Waals surface area contributed by atoms with E-state index in [-0.39, 0.29) is 29.4 Å². The van der Waals surface area contributed by atoms with E-state index in [9.17, 15) is 18.0 Å². The van der Waals surface area contributed by atoms with Gasteiger partial charge in [-0.2, -0.15) is 18.2 Å². The number of thioether (sulfide) groups is 1. The predicted octanol–water partition coefficient (Wildman–Crippen LogP) is 5.24. The molecule has 1 aromatic heterocycles. The number of fused-ring (bicyclic) bond motifs is 1. The van der Waals surface area contributed by atoms with E-state index >= 15 is 0 Å². The maximum atomic E-state index is 13.2. The third-order valence-corrected chi connectivity index (χ3v) is 5.89. The normalized spacial score (nSPS) is 17.8. The molecule has 3 rings (SSSR count). The fraction of sp³-hybridized carbons (Fsp3) is 0.550. The third-order valence-electron chi connectivity index (χ3n) is 4.66. The van der Waals surface area contributed by atoms with E-state index in [0.29, 0.717) is 35.3 Å². The Kier molecular flexibility index (Phi) is 5.98. The molecule has 9 heteroatoms. The van der Waals surface area contributed by atoms with Crippen molar-refractivity contribution < 1.29 is 22.5 Å². The minimum atomic E-state index is -4.46. The lowest BCUT2D eigenvalue weighted by Crippen LogP contribution is -2.32. The summed E-state index contributed by atoms with van der Waals surface area (Å²) < 4.78 is 44.8. The smallest absolute Gasteiger partial charge is 0.339 e. The van der Waals surface area contributed by atoms with Gasteiger partial charge in [0, 0.05) is 34.9 Å². The molecule has 1 unspecified atom stereocenters. The summed E-state index contributed by atoms with van der Waals surface area (Å²) in [6.07, 6.45) is -3.43. The Morgan fingerprint density at radius 3 is 2.66 bits per heavy atom. The standard InChI is InChI=1S/C20H24F3N3O2S/c1-12-9-10-26(14-11-13(20(21,22)23)5-6-15(14)29-12)17(27)8-7-16-24-18(25-28-16)19(2,3)4/h5-6,11-12H,7-10H2,1-4H3. The molecule has 29 heavy (non-hydrogen) atoms. The Morgan fingerprint density at radius 2 is 2.03 bits per heavy atom. The molecular weight excluding hydrogens is 403 g/mol. The van der Waals surface area contributed by atoms with E-state index in [1.165, 1.54) is 22.7 Å². The van der Waals surface area contributed by atoms with Crippen LogP contribution in [0.2, 0.25) is 0 Å². The van der Waals surface area contributed by atoms with Crippen LogP contribution in [0.25, 0.3) is 0 Å². The highest BCUT2D eigenvalue weighted by molar-refractivity contribution is 8.00. The lowest BCUT2D eigenvalue weighted by molar-refractivity contribution is -0.137. The van der Waals surface area contributed by atoms with Crippen LogP contribution in [0.3, 0.4) is 0 Å². The highest BCUT2D eigenvalue weighted by atomic mass is 32.2. The molecule has 1 aliphatic heterocycles. The zero-order valence-corrected chi connectivity index (χ0v) is 17.7. The van der Waals surface area contributed by atoms with Crippen LogP contribution in [-0.4, -0.2) is 27.8 Å². The van der Waals surface area contributed by atoms with Gasteiger partial charge in [-0.05, 0) is 24.6 Å². The summed E-state index contributed by atoms with van der Waals surface area (Å²) >= 11 is 1.49. The fourth-order valence-electron chi connectivity index (χ4n) is 2.98. The molecule has 1 aromatic carbocycles. The van der Waals surface area contributed by atoms with Crippen molar-refractivity contribution in [3.8, 4) is 0 Å². The van der Waals surface area contributed by atoms with Gasteiger partial charge >= 0.3 is 6.18 Å². The van der Waals surface area contributed by atoms with E-state index in [0.717, 1.165) is 12.1 Å². The van der Waals surface area contributed by atoms with Crippen molar-refractivity contribution in [3.05, 3.63) is 35.5 Å². The van der Waals surface area contributed by atoms with Crippen molar-refractivity contribution in [1.29, 1.82) is 0 Å². The van der Waals surface area contributed by atoms with Gasteiger partial charge in [-0.25, -0.2) is 0 Å². The Labute approximate surface area is 172 Å². The first-order valence-electron chi connectivity index (χ1n) is 9.46. The Hall–Kier alpha value is -2.03. The number of benzene rings is 1. The number of halogens is 3. The van der Waals surface area contributed by atoms with Gasteiger partial charge < -0.3 is 9.42 Å². The van der Waals surface area contributed by atoms with E-state index in [1.807, 2.05) is 27.7 Å². The number of nitrogens with zero attached hydrogens (tertiary/aromatic N) is 3. The van der Waals surface area contributed by atoms with E-state index < -0.39 is 11.7 Å². The Morgan fingerprint density at radius 1 is 1.31 bits per heavy atom. The SMILES string of the molecule is CC1CCN(C(=O)CCc2nc(C(C)(C)C)no2)c2cc(C(F)(F)F)ccc2S1. The Balaban J connectivity index is 1.80. The summed E-state index contributed by atoms with van der Waals surface area (Å²) in [5, 5.41) is 4.14. The predicted molar refractivity (Wildman–Crippen MR) is 105 cm³/mol. The summed E-state index contributed by atoms with van der Waals surface area (Å²) in [6.45, 7) is 8.25. The van der Waals surface area contributed by atoms with Crippen molar-refractivity contribution >= 4 is 23.4 Å². The van der Waals surface area contributed by atoms with Gasteiger partial charge in [0.2, 0.25) is 11.8 Å². The minimum absolute atomic E-state index is 0.0838. The first-order valence-corrected chi connectivity index (χ1v) is 10.3. The molecular formula is C20H24F3N3O2S. The second kappa shape index (κ2) is 8.01. The largest absolute Gasteiger partial charge is 0.416 e. The van der Waals surface area contributed by atoms with E-state index in [2.05, 4.69) is 10.1 Å². The molecule has 1 aliphatic rings. The average molecular weight is 427 g/mol. The van der Waals surface area contributed by atoms with Crippen LogP contribution < -0.4 is 4.90 Å². The fourth-order valence-corrected chi connectivity index (χ4v) is 4.07. The van der Waals surface area contributed by atoms with E-state index in [1.54, 1.807) is 0 Å². The third kappa shape index (κ3) is 5.12. The number of hydrogen-bond donors (Lipinski definition) is 0. The van der Waals surface area contributed by atoms with Crippen LogP contribution in [0, 0.1) is 0 Å². The highest BCUT2D eigenvalue weighted by Gasteiger charge is 2.33. The lowest BCUT2D eigenvalue weighted by atomic mass is 9.96. The number of anilines is 1. The quantitative estimate of drug-likeness (QED) is 0.671. The number of alkyl halides is 3. The van der Waals surface area contributed by atoms with Crippen LogP contribution in [0.15, 0.2) is 27.6 Å². The summed E-state index contributed by atoms with van der Waals surface area (Å²) in [6, 6.07) is 3.60. The van der Waals surface area contributed by atoms with Crippen LogP contribution >= 0.6 is 11.8 Å². The molecule has 0 aliphatic carbocycles. The summed E-state index contributed by atoms with van der Waals surface area (Å²) in [7, 11) is 0. The molecule has 2 aromatic rings. The van der Waals surface area contributed by atoms with Crippen LogP contribution in [0.5, 0.6) is 0 Å². The van der Waals surface area contributed by atoms with Crippen LogP contribution in [0.4, 0.5) is 18.9 Å². The molecule has 0 bridgehead atoms. The molecule has 2 heterocycles.